The number of allylic oxidation sites excluding steroid dienone is 4. The highest BCUT2D eigenvalue weighted by molar-refractivity contribution is 6.01. The average molecular weight is 449 g/mol. The van der Waals surface area contributed by atoms with E-state index in [1.54, 1.807) is 6.08 Å². The molecule has 0 bridgehead atoms. The smallest absolute Gasteiger partial charge is 0.178 e. The van der Waals surface area contributed by atoms with Crippen molar-refractivity contribution in [3.63, 3.8) is 0 Å². The van der Waals surface area contributed by atoms with Gasteiger partial charge in [0.15, 0.2) is 5.78 Å². The highest BCUT2D eigenvalue weighted by atomic mass is 19.1. The van der Waals surface area contributed by atoms with E-state index in [0.717, 1.165) is 18.4 Å². The van der Waals surface area contributed by atoms with E-state index < -0.39 is 33.6 Å². The number of ketones is 1. The summed E-state index contributed by atoms with van der Waals surface area (Å²) in [5.41, 5.74) is -4.34. The van der Waals surface area contributed by atoms with Gasteiger partial charge in [0, 0.05) is 29.3 Å². The van der Waals surface area contributed by atoms with Crippen LogP contribution in [0.1, 0.15) is 85.5 Å². The summed E-state index contributed by atoms with van der Waals surface area (Å²) in [5, 5.41) is 33.1. The molecule has 8 atom stereocenters. The Balaban J connectivity index is 1.96. The van der Waals surface area contributed by atoms with E-state index in [1.807, 2.05) is 19.9 Å². The molecule has 32 heavy (non-hydrogen) atoms. The van der Waals surface area contributed by atoms with Crippen LogP contribution in [0.4, 0.5) is 4.39 Å². The fraction of sp³-hybridized carbons (Fsp3) is 0.815. The number of carbonyl (C=O) groups excluding carboxylic acids is 1. The third-order valence-electron chi connectivity index (χ3n) is 10.7. The molecule has 3 N–H and O–H groups in total. The second-order valence-electron chi connectivity index (χ2n) is 11.5. The van der Waals surface area contributed by atoms with E-state index in [1.165, 1.54) is 6.08 Å². The zero-order chi connectivity index (χ0) is 23.6. The lowest BCUT2D eigenvalue weighted by Crippen LogP contribution is -2.74. The lowest BCUT2D eigenvalue weighted by molar-refractivity contribution is -0.281. The van der Waals surface area contributed by atoms with E-state index in [0.29, 0.717) is 38.5 Å². The van der Waals surface area contributed by atoms with Crippen LogP contribution in [0.25, 0.3) is 0 Å². The third kappa shape index (κ3) is 2.68. The van der Waals surface area contributed by atoms with Gasteiger partial charge in [0.2, 0.25) is 0 Å². The van der Waals surface area contributed by atoms with Crippen LogP contribution in [0.5, 0.6) is 0 Å². The number of carbonyl (C=O) groups is 1. The number of fused-ring (bicyclic) bond motifs is 5. The van der Waals surface area contributed by atoms with Gasteiger partial charge in [0.05, 0.1) is 11.7 Å². The standard InChI is InChI=1S/C27H41FO4/c1-5-18-17-25(6-2)21(8-7-9-22(31)26(25,32)14-15-29)24(4)12-10-19-16-20(30)11-13-23(19,3)27(18,24)28/h11,13,16,18,21-22,29,31-32H,5-10,12,14-15,17H2,1-4H3/t18-,21-,22?,23-,24-,25-,26+,27-/m0/s1. The van der Waals surface area contributed by atoms with Gasteiger partial charge in [0.25, 0.3) is 0 Å². The van der Waals surface area contributed by atoms with Crippen molar-refractivity contribution in [3.05, 3.63) is 23.8 Å². The number of hydrogen-bond donors (Lipinski definition) is 3. The van der Waals surface area contributed by atoms with Crippen LogP contribution in [0.15, 0.2) is 23.8 Å². The molecule has 0 heterocycles. The number of alkyl halides is 1. The number of aliphatic hydroxyl groups excluding tert-OH is 2. The normalized spacial score (nSPS) is 50.7. The minimum Gasteiger partial charge on any atom is -0.396 e. The van der Waals surface area contributed by atoms with E-state index in [-0.39, 0.29) is 30.6 Å². The predicted molar refractivity (Wildman–Crippen MR) is 123 cm³/mol. The maximum Gasteiger partial charge on any atom is 0.178 e. The van der Waals surface area contributed by atoms with Crippen LogP contribution >= 0.6 is 0 Å². The molecule has 0 spiro atoms. The number of hydrogen-bond acceptors (Lipinski definition) is 4. The van der Waals surface area contributed by atoms with Crippen molar-refractivity contribution >= 4 is 5.78 Å². The molecule has 0 radical (unpaired) electrons. The first-order valence-corrected chi connectivity index (χ1v) is 12.6. The molecule has 0 aromatic rings. The highest BCUT2D eigenvalue weighted by Gasteiger charge is 2.76. The van der Waals surface area contributed by atoms with Crippen LogP contribution in [0.3, 0.4) is 0 Å². The van der Waals surface area contributed by atoms with Crippen LogP contribution in [-0.2, 0) is 4.79 Å². The van der Waals surface area contributed by atoms with Gasteiger partial charge in [-0.2, -0.15) is 0 Å². The van der Waals surface area contributed by atoms with Gasteiger partial charge in [-0.05, 0) is 69.4 Å². The van der Waals surface area contributed by atoms with Crippen LogP contribution < -0.4 is 0 Å². The van der Waals surface area contributed by atoms with Crippen LogP contribution in [-0.4, -0.2) is 45.1 Å². The van der Waals surface area contributed by atoms with Crippen LogP contribution in [0, 0.1) is 28.1 Å². The van der Waals surface area contributed by atoms with Gasteiger partial charge in [-0.15, -0.1) is 0 Å². The Labute approximate surface area is 192 Å². The van der Waals surface area contributed by atoms with Gasteiger partial charge in [-0.3, -0.25) is 4.79 Å². The molecule has 0 aromatic carbocycles. The monoisotopic (exact) mass is 448 g/mol. The summed E-state index contributed by atoms with van der Waals surface area (Å²) in [7, 11) is 0. The van der Waals surface area contributed by atoms with Crippen LogP contribution in [0.2, 0.25) is 0 Å². The first-order valence-electron chi connectivity index (χ1n) is 12.6. The Hall–Kier alpha value is -1.04. The minimum atomic E-state index is -1.56. The molecular weight excluding hydrogens is 407 g/mol. The molecule has 3 fully saturated rings. The quantitative estimate of drug-likeness (QED) is 0.584. The van der Waals surface area contributed by atoms with Crippen molar-refractivity contribution in [2.24, 2.45) is 28.1 Å². The minimum absolute atomic E-state index is 0.0636. The van der Waals surface area contributed by atoms with Gasteiger partial charge in [-0.1, -0.05) is 45.3 Å². The SMILES string of the molecule is CC[C@H]1C[C@@]2(CC)[C@@H](CCCC(O)[C@]2(O)CCO)[C@]2(C)CCC3=CC(=O)C=C[C@]3(C)[C@@]12F. The Morgan fingerprint density at radius 2 is 1.94 bits per heavy atom. The zero-order valence-corrected chi connectivity index (χ0v) is 20.2. The lowest BCUT2D eigenvalue weighted by Gasteiger charge is -2.71. The van der Waals surface area contributed by atoms with E-state index in [2.05, 4.69) is 13.8 Å². The molecule has 0 amide bonds. The maximum atomic E-state index is 18.1. The zero-order valence-electron chi connectivity index (χ0n) is 20.2. The summed E-state index contributed by atoms with van der Waals surface area (Å²) < 4.78 is 18.1. The first kappa shape index (κ1) is 24.1. The fourth-order valence-corrected chi connectivity index (χ4v) is 9.10. The predicted octanol–water partition coefficient (Wildman–Crippen LogP) is 4.67. The third-order valence-corrected chi connectivity index (χ3v) is 10.7. The molecule has 4 aliphatic rings. The molecule has 4 aliphatic carbocycles. The molecule has 180 valence electrons. The van der Waals surface area contributed by atoms with Crippen molar-refractivity contribution in [2.75, 3.05) is 6.61 Å². The van der Waals surface area contributed by atoms with E-state index >= 15 is 4.39 Å². The van der Waals surface area contributed by atoms with E-state index in [4.69, 9.17) is 0 Å². The summed E-state index contributed by atoms with van der Waals surface area (Å²) in [6.45, 7) is 7.92. The Morgan fingerprint density at radius 3 is 2.56 bits per heavy atom. The van der Waals surface area contributed by atoms with Gasteiger partial charge < -0.3 is 15.3 Å². The number of halogens is 1. The molecule has 0 aliphatic heterocycles. The lowest BCUT2D eigenvalue weighted by atomic mass is 9.34. The fourth-order valence-electron chi connectivity index (χ4n) is 9.10. The number of aliphatic hydroxyl groups is 3. The van der Waals surface area contributed by atoms with Gasteiger partial charge >= 0.3 is 0 Å². The summed E-state index contributed by atoms with van der Waals surface area (Å²) in [5.74, 6) is -0.511. The second-order valence-corrected chi connectivity index (χ2v) is 11.5. The van der Waals surface area contributed by atoms with Gasteiger partial charge in [0.1, 0.15) is 5.67 Å². The number of rotatable bonds is 4. The summed E-state index contributed by atoms with van der Waals surface area (Å²) in [4.78, 5) is 12.1. The topological polar surface area (TPSA) is 77.8 Å². The van der Waals surface area contributed by atoms with Crippen molar-refractivity contribution in [1.82, 2.24) is 0 Å². The second kappa shape index (κ2) is 7.74. The highest BCUT2D eigenvalue weighted by Crippen LogP contribution is 2.75. The molecule has 3 saturated carbocycles. The Bertz CT molecular complexity index is 838. The summed E-state index contributed by atoms with van der Waals surface area (Å²) in [6.07, 6.45) is 9.18. The Kier molecular flexibility index (Phi) is 5.83. The maximum absolute atomic E-state index is 18.1. The van der Waals surface area contributed by atoms with Crippen molar-refractivity contribution in [2.45, 2.75) is 103 Å². The Morgan fingerprint density at radius 1 is 1.22 bits per heavy atom. The largest absolute Gasteiger partial charge is 0.396 e. The van der Waals surface area contributed by atoms with Gasteiger partial charge in [-0.25, -0.2) is 4.39 Å². The molecule has 0 saturated heterocycles. The molecule has 0 aromatic heterocycles. The average Bonchev–Trinajstić information content (AvgIpc) is 2.86. The molecule has 4 rings (SSSR count). The molecular formula is C27H41FO4. The first-order chi connectivity index (χ1) is 15.0. The van der Waals surface area contributed by atoms with E-state index in [9.17, 15) is 20.1 Å². The molecule has 4 nitrogen and oxygen atoms in total. The summed E-state index contributed by atoms with van der Waals surface area (Å²) in [6, 6.07) is 0. The molecule has 5 heteroatoms. The van der Waals surface area contributed by atoms with Crippen molar-refractivity contribution in [3.8, 4) is 0 Å². The van der Waals surface area contributed by atoms with Crippen molar-refractivity contribution < 1.29 is 24.5 Å². The summed E-state index contributed by atoms with van der Waals surface area (Å²) >= 11 is 0. The van der Waals surface area contributed by atoms with Crippen molar-refractivity contribution in [1.29, 1.82) is 0 Å². The molecule has 1 unspecified atom stereocenters.